The first-order valence-corrected chi connectivity index (χ1v) is 5.23. The van der Waals surface area contributed by atoms with Crippen molar-refractivity contribution in [1.82, 2.24) is 20.2 Å². The minimum Gasteiger partial charge on any atom is -0.382 e. The summed E-state index contributed by atoms with van der Waals surface area (Å²) in [5.41, 5.74) is 7.85. The number of amidine groups is 1. The van der Waals surface area contributed by atoms with Gasteiger partial charge in [-0.2, -0.15) is 15.0 Å². The minimum atomic E-state index is -0.529. The van der Waals surface area contributed by atoms with Crippen LogP contribution in [0.5, 0.6) is 0 Å². The van der Waals surface area contributed by atoms with E-state index in [9.17, 15) is 4.39 Å². The lowest BCUT2D eigenvalue weighted by Gasteiger charge is -2.05. The van der Waals surface area contributed by atoms with Gasteiger partial charge in [0.1, 0.15) is 23.9 Å². The Hall–Kier alpha value is -3.35. The summed E-state index contributed by atoms with van der Waals surface area (Å²) in [7, 11) is 0. The molecule has 4 N–H and O–H groups in total. The highest BCUT2D eigenvalue weighted by Gasteiger charge is 2.07. The molecule has 2 rings (SSSR count). The molecule has 0 atom stereocenters. The summed E-state index contributed by atoms with van der Waals surface area (Å²) < 4.78 is 14.8. The zero-order valence-electron chi connectivity index (χ0n) is 9.95. The van der Waals surface area contributed by atoms with Crippen molar-refractivity contribution < 1.29 is 4.39 Å². The standard InChI is InChI=1S/C10H8FN9/c11-7-2-1-6(16-17-8(4-12)10(13)14)3-9(7)20-5-15-18-19-20/h1-3,5,16H,(H3,13,14)/b17-8+. The number of nitrogens with one attached hydrogen (secondary N) is 2. The molecule has 0 saturated carbocycles. The predicted octanol–water partition coefficient (Wildman–Crippen LogP) is 0.0288. The van der Waals surface area contributed by atoms with E-state index in [1.54, 1.807) is 6.07 Å². The lowest BCUT2D eigenvalue weighted by molar-refractivity contribution is 0.607. The number of anilines is 1. The topological polar surface area (TPSA) is 142 Å². The number of aromatic nitrogens is 4. The first-order valence-electron chi connectivity index (χ1n) is 5.23. The molecule has 20 heavy (non-hydrogen) atoms. The van der Waals surface area contributed by atoms with E-state index in [1.807, 2.05) is 0 Å². The fourth-order valence-electron chi connectivity index (χ4n) is 1.30. The van der Waals surface area contributed by atoms with Crippen molar-refractivity contribution >= 4 is 17.2 Å². The summed E-state index contributed by atoms with van der Waals surface area (Å²) in [5.74, 6) is -0.998. The Labute approximate surface area is 112 Å². The summed E-state index contributed by atoms with van der Waals surface area (Å²) in [6, 6.07) is 5.64. The van der Waals surface area contributed by atoms with Crippen molar-refractivity contribution in [1.29, 1.82) is 10.7 Å². The Kier molecular flexibility index (Phi) is 3.62. The zero-order valence-corrected chi connectivity index (χ0v) is 9.95. The van der Waals surface area contributed by atoms with Crippen molar-refractivity contribution in [3.63, 3.8) is 0 Å². The second-order valence-corrected chi connectivity index (χ2v) is 3.52. The van der Waals surface area contributed by atoms with E-state index in [2.05, 4.69) is 26.1 Å². The molecule has 1 aromatic heterocycles. The number of hydrogen-bond donors (Lipinski definition) is 3. The monoisotopic (exact) mass is 273 g/mol. The summed E-state index contributed by atoms with van der Waals surface area (Å²) >= 11 is 0. The summed E-state index contributed by atoms with van der Waals surface area (Å²) in [6.07, 6.45) is 1.24. The molecule has 100 valence electrons. The maximum Gasteiger partial charge on any atom is 0.201 e. The van der Waals surface area contributed by atoms with E-state index in [1.165, 1.54) is 24.5 Å². The average Bonchev–Trinajstić information content (AvgIpc) is 2.94. The van der Waals surface area contributed by atoms with Crippen LogP contribution in [0.4, 0.5) is 10.1 Å². The van der Waals surface area contributed by atoms with Crippen molar-refractivity contribution in [3.05, 3.63) is 30.3 Å². The van der Waals surface area contributed by atoms with Gasteiger partial charge in [0.25, 0.3) is 0 Å². The highest BCUT2D eigenvalue weighted by molar-refractivity contribution is 6.45. The maximum absolute atomic E-state index is 13.6. The van der Waals surface area contributed by atoms with Crippen LogP contribution in [0.2, 0.25) is 0 Å². The molecule has 10 heteroatoms. The van der Waals surface area contributed by atoms with Crippen molar-refractivity contribution in [3.8, 4) is 11.8 Å². The van der Waals surface area contributed by atoms with Crippen LogP contribution in [0.15, 0.2) is 29.6 Å². The fourth-order valence-corrected chi connectivity index (χ4v) is 1.30. The van der Waals surface area contributed by atoms with Crippen LogP contribution in [-0.2, 0) is 0 Å². The zero-order chi connectivity index (χ0) is 14.5. The second kappa shape index (κ2) is 5.53. The van der Waals surface area contributed by atoms with E-state index in [0.717, 1.165) is 4.68 Å². The Bertz CT molecular complexity index is 698. The molecule has 2 aromatic rings. The van der Waals surface area contributed by atoms with E-state index >= 15 is 0 Å². The lowest BCUT2D eigenvalue weighted by Crippen LogP contribution is -2.21. The highest BCUT2D eigenvalue weighted by atomic mass is 19.1. The Morgan fingerprint density at radius 1 is 1.55 bits per heavy atom. The van der Waals surface area contributed by atoms with Crippen LogP contribution in [0.3, 0.4) is 0 Å². The molecule has 1 aromatic carbocycles. The van der Waals surface area contributed by atoms with Crippen LogP contribution in [0, 0.1) is 22.6 Å². The molecule has 0 saturated heterocycles. The second-order valence-electron chi connectivity index (χ2n) is 3.52. The van der Waals surface area contributed by atoms with Crippen molar-refractivity contribution in [2.24, 2.45) is 10.8 Å². The molecular weight excluding hydrogens is 265 g/mol. The van der Waals surface area contributed by atoms with Crippen LogP contribution in [-0.4, -0.2) is 31.8 Å². The smallest absolute Gasteiger partial charge is 0.201 e. The molecule has 9 nitrogen and oxygen atoms in total. The van der Waals surface area contributed by atoms with Gasteiger partial charge in [0.2, 0.25) is 5.71 Å². The van der Waals surface area contributed by atoms with Gasteiger partial charge in [-0.15, -0.1) is 5.10 Å². The minimum absolute atomic E-state index is 0.108. The summed E-state index contributed by atoms with van der Waals surface area (Å²) in [6.45, 7) is 0. The van der Waals surface area contributed by atoms with Crippen LogP contribution in [0.25, 0.3) is 5.69 Å². The molecule has 0 unspecified atom stereocenters. The number of nitrogens with two attached hydrogens (primary N) is 1. The normalized spacial score (nSPS) is 10.9. The molecule has 0 aliphatic rings. The summed E-state index contributed by atoms with van der Waals surface area (Å²) in [5, 5.41) is 29.8. The molecule has 0 aliphatic carbocycles. The molecule has 0 fully saturated rings. The van der Waals surface area contributed by atoms with Crippen LogP contribution < -0.4 is 11.2 Å². The van der Waals surface area contributed by atoms with Gasteiger partial charge in [0, 0.05) is 0 Å². The lowest BCUT2D eigenvalue weighted by atomic mass is 10.2. The molecule has 1 heterocycles. The number of tetrazole rings is 1. The molecule has 0 spiro atoms. The third-order valence-corrected chi connectivity index (χ3v) is 2.20. The third-order valence-electron chi connectivity index (χ3n) is 2.20. The number of benzene rings is 1. The molecular formula is C10H8FN9. The van der Waals surface area contributed by atoms with E-state index < -0.39 is 11.7 Å². The summed E-state index contributed by atoms with van der Waals surface area (Å²) in [4.78, 5) is 0. The fraction of sp³-hybridized carbons (Fsp3) is 0. The quantitative estimate of drug-likeness (QED) is 0.407. The number of hydrazone groups is 1. The van der Waals surface area contributed by atoms with Crippen molar-refractivity contribution in [2.45, 2.75) is 0 Å². The SMILES string of the molecule is N#C/C(=N\Nc1ccc(F)c(-n2cnnn2)c1)C(=N)N. The van der Waals surface area contributed by atoms with Crippen molar-refractivity contribution in [2.75, 3.05) is 5.43 Å². The van der Waals surface area contributed by atoms with Gasteiger partial charge >= 0.3 is 0 Å². The van der Waals surface area contributed by atoms with Crippen LogP contribution >= 0.6 is 0 Å². The predicted molar refractivity (Wildman–Crippen MR) is 67.7 cm³/mol. The van der Waals surface area contributed by atoms with Gasteiger partial charge in [-0.3, -0.25) is 10.8 Å². The largest absolute Gasteiger partial charge is 0.382 e. The Morgan fingerprint density at radius 3 is 2.95 bits per heavy atom. The maximum atomic E-state index is 13.6. The number of hydrogen-bond acceptors (Lipinski definition) is 7. The molecule has 0 aliphatic heterocycles. The van der Waals surface area contributed by atoms with E-state index in [0.29, 0.717) is 5.69 Å². The molecule has 0 amide bonds. The van der Waals surface area contributed by atoms with Gasteiger partial charge in [0.15, 0.2) is 5.84 Å². The van der Waals surface area contributed by atoms with E-state index in [-0.39, 0.29) is 11.4 Å². The van der Waals surface area contributed by atoms with E-state index in [4.69, 9.17) is 16.4 Å². The number of halogens is 1. The van der Waals surface area contributed by atoms with Gasteiger partial charge in [-0.25, -0.2) is 4.39 Å². The number of rotatable bonds is 4. The number of nitriles is 1. The molecule has 0 bridgehead atoms. The average molecular weight is 273 g/mol. The third kappa shape index (κ3) is 2.72. The first-order chi connectivity index (χ1) is 9.61. The first kappa shape index (κ1) is 13.1. The Balaban J connectivity index is 2.29. The van der Waals surface area contributed by atoms with Gasteiger partial charge in [-0.1, -0.05) is 0 Å². The van der Waals surface area contributed by atoms with Gasteiger partial charge < -0.3 is 5.73 Å². The molecule has 0 radical (unpaired) electrons. The van der Waals surface area contributed by atoms with Gasteiger partial charge in [0.05, 0.1) is 5.69 Å². The van der Waals surface area contributed by atoms with Gasteiger partial charge in [-0.05, 0) is 28.6 Å². The Morgan fingerprint density at radius 2 is 2.35 bits per heavy atom. The number of nitrogens with zero attached hydrogens (tertiary/aromatic N) is 6. The highest BCUT2D eigenvalue weighted by Crippen LogP contribution is 2.17. The van der Waals surface area contributed by atoms with Crippen LogP contribution in [0.1, 0.15) is 0 Å².